The second-order valence-electron chi connectivity index (χ2n) is 10.5. The Morgan fingerprint density at radius 1 is 0.688 bits per heavy atom. The van der Waals surface area contributed by atoms with Gasteiger partial charge in [0.2, 0.25) is 0 Å². The topological polar surface area (TPSA) is 0 Å². The average Bonchev–Trinajstić information content (AvgIpc) is 2.81. The molecule has 1 aromatic rings. The van der Waals surface area contributed by atoms with E-state index >= 15 is 0 Å². The molecule has 0 nitrogen and oxygen atoms in total. The zero-order chi connectivity index (χ0) is 22.8. The molecule has 0 aromatic heterocycles. The first-order chi connectivity index (χ1) is 15.6. The smallest absolute Gasteiger partial charge is 0.194 e. The third-order valence-corrected chi connectivity index (χ3v) is 8.01. The van der Waals surface area contributed by atoms with Crippen molar-refractivity contribution in [2.75, 3.05) is 0 Å². The van der Waals surface area contributed by atoms with Gasteiger partial charge >= 0.3 is 0 Å². The van der Waals surface area contributed by atoms with Crippen LogP contribution in [0.3, 0.4) is 0 Å². The highest BCUT2D eigenvalue weighted by atomic mass is 19.2. The summed E-state index contributed by atoms with van der Waals surface area (Å²) in [5.41, 5.74) is 0.614. The average molecular weight is 449 g/mol. The maximum atomic E-state index is 13.5. The van der Waals surface area contributed by atoms with Gasteiger partial charge in [-0.2, -0.15) is 0 Å². The van der Waals surface area contributed by atoms with Crippen molar-refractivity contribution >= 4 is 0 Å². The Bertz CT molecular complexity index is 671. The number of benzene rings is 1. The molecule has 0 aliphatic heterocycles. The lowest BCUT2D eigenvalue weighted by molar-refractivity contribution is 0.287. The first-order valence-corrected chi connectivity index (χ1v) is 13.4. The van der Waals surface area contributed by atoms with E-state index in [2.05, 4.69) is 19.1 Å². The Morgan fingerprint density at radius 3 is 1.75 bits per heavy atom. The van der Waals surface area contributed by atoms with Crippen LogP contribution in [0, 0.1) is 35.2 Å². The number of allylic oxidation sites excluding steroid dienone is 2. The number of hydrogen-bond acceptors (Lipinski definition) is 0. The third-order valence-electron chi connectivity index (χ3n) is 8.01. The van der Waals surface area contributed by atoms with Gasteiger partial charge in [-0.15, -0.1) is 0 Å². The molecule has 32 heavy (non-hydrogen) atoms. The van der Waals surface area contributed by atoms with Crippen LogP contribution in [-0.4, -0.2) is 0 Å². The van der Waals surface area contributed by atoms with Crippen LogP contribution in [0.15, 0.2) is 24.3 Å². The Kier molecular flexibility index (Phi) is 10.7. The lowest BCUT2D eigenvalue weighted by atomic mass is 9.76. The molecule has 0 atom stereocenters. The van der Waals surface area contributed by atoms with Crippen molar-refractivity contribution < 1.29 is 13.2 Å². The molecule has 0 heterocycles. The van der Waals surface area contributed by atoms with Crippen molar-refractivity contribution in [2.45, 2.75) is 116 Å². The monoisotopic (exact) mass is 448 g/mol. The summed E-state index contributed by atoms with van der Waals surface area (Å²) in [6.45, 7) is 2.28. The number of unbranched alkanes of at least 4 members (excludes halogenated alkanes) is 6. The maximum Gasteiger partial charge on any atom is 0.194 e. The Labute approximate surface area is 194 Å². The molecule has 0 amide bonds. The molecule has 180 valence electrons. The van der Waals surface area contributed by atoms with Crippen LogP contribution >= 0.6 is 0 Å². The summed E-state index contributed by atoms with van der Waals surface area (Å²) in [5, 5.41) is 0. The first kappa shape index (κ1) is 25.4. The molecule has 0 bridgehead atoms. The van der Waals surface area contributed by atoms with E-state index in [0.29, 0.717) is 11.5 Å². The van der Waals surface area contributed by atoms with Gasteiger partial charge < -0.3 is 0 Å². The molecule has 0 unspecified atom stereocenters. The van der Waals surface area contributed by atoms with Crippen LogP contribution in [0.25, 0.3) is 0 Å². The minimum atomic E-state index is -1.36. The predicted octanol–water partition coefficient (Wildman–Crippen LogP) is 9.88. The normalized spacial score (nSPS) is 26.6. The van der Waals surface area contributed by atoms with E-state index in [9.17, 15) is 13.2 Å². The molecule has 0 N–H and O–H groups in total. The van der Waals surface area contributed by atoms with Crippen LogP contribution in [0.2, 0.25) is 0 Å². The molecule has 3 heteroatoms. The van der Waals surface area contributed by atoms with E-state index < -0.39 is 17.5 Å². The molecular weight excluding hydrogens is 405 g/mol. The summed E-state index contributed by atoms with van der Waals surface area (Å²) in [6.07, 6.45) is 25.5. The van der Waals surface area contributed by atoms with Crippen molar-refractivity contribution in [1.82, 2.24) is 0 Å². The van der Waals surface area contributed by atoms with E-state index in [-0.39, 0.29) is 5.92 Å². The fourth-order valence-corrected chi connectivity index (χ4v) is 5.83. The highest BCUT2D eigenvalue weighted by molar-refractivity contribution is 5.23. The molecule has 3 rings (SSSR count). The van der Waals surface area contributed by atoms with Crippen LogP contribution in [-0.2, 0) is 0 Å². The lowest BCUT2D eigenvalue weighted by Crippen LogP contribution is -2.15. The fraction of sp³-hybridized carbons (Fsp3) is 0.724. The van der Waals surface area contributed by atoms with Gasteiger partial charge in [-0.3, -0.25) is 0 Å². The molecule has 2 saturated carbocycles. The third kappa shape index (κ3) is 7.96. The van der Waals surface area contributed by atoms with Gasteiger partial charge in [0, 0.05) is 0 Å². The van der Waals surface area contributed by atoms with Gasteiger partial charge in [0.25, 0.3) is 0 Å². The van der Waals surface area contributed by atoms with Gasteiger partial charge in [-0.25, -0.2) is 13.2 Å². The Balaban J connectivity index is 1.30. The number of halogens is 3. The summed E-state index contributed by atoms with van der Waals surface area (Å²) in [6, 6.07) is 2.37. The van der Waals surface area contributed by atoms with Gasteiger partial charge in [0.05, 0.1) is 0 Å². The highest BCUT2D eigenvalue weighted by Gasteiger charge is 2.24. The second-order valence-corrected chi connectivity index (χ2v) is 10.5. The summed E-state index contributed by atoms with van der Waals surface area (Å²) < 4.78 is 40.3. The van der Waals surface area contributed by atoms with E-state index in [1.54, 1.807) is 0 Å². The van der Waals surface area contributed by atoms with E-state index in [4.69, 9.17) is 0 Å². The SMILES string of the molecule is CCCCCCCCCC1CCC(C=CC2CCC(c3cc(F)c(F)c(F)c3)CC2)CC1. The maximum absolute atomic E-state index is 13.5. The summed E-state index contributed by atoms with van der Waals surface area (Å²) in [4.78, 5) is 0. The molecule has 2 aliphatic rings. The zero-order valence-corrected chi connectivity index (χ0v) is 20.1. The number of hydrogen-bond donors (Lipinski definition) is 0. The molecule has 1 aromatic carbocycles. The summed E-state index contributed by atoms with van der Waals surface area (Å²) >= 11 is 0. The van der Waals surface area contributed by atoms with Gasteiger partial charge in [0.15, 0.2) is 17.5 Å². The van der Waals surface area contributed by atoms with Crippen molar-refractivity contribution in [1.29, 1.82) is 0 Å². The van der Waals surface area contributed by atoms with E-state index in [1.807, 2.05) is 0 Å². The highest BCUT2D eigenvalue weighted by Crippen LogP contribution is 2.38. The molecular formula is C29H43F3. The summed E-state index contributed by atoms with van der Waals surface area (Å²) in [7, 11) is 0. The fourth-order valence-electron chi connectivity index (χ4n) is 5.83. The van der Waals surface area contributed by atoms with Crippen molar-refractivity contribution in [3.63, 3.8) is 0 Å². The Morgan fingerprint density at radius 2 is 1.19 bits per heavy atom. The minimum absolute atomic E-state index is 0.145. The van der Waals surface area contributed by atoms with Gasteiger partial charge in [0.1, 0.15) is 0 Å². The summed E-state index contributed by atoms with van der Waals surface area (Å²) in [5.74, 6) is -1.09. The van der Waals surface area contributed by atoms with E-state index in [1.165, 1.54) is 89.2 Å². The van der Waals surface area contributed by atoms with Crippen LogP contribution < -0.4 is 0 Å². The van der Waals surface area contributed by atoms with Crippen molar-refractivity contribution in [3.05, 3.63) is 47.3 Å². The first-order valence-electron chi connectivity index (χ1n) is 13.4. The largest absolute Gasteiger partial charge is 0.204 e. The molecule has 2 aliphatic carbocycles. The lowest BCUT2D eigenvalue weighted by Gasteiger charge is -2.29. The van der Waals surface area contributed by atoms with Crippen LogP contribution in [0.4, 0.5) is 13.2 Å². The predicted molar refractivity (Wildman–Crippen MR) is 128 cm³/mol. The quantitative estimate of drug-likeness (QED) is 0.179. The van der Waals surface area contributed by atoms with Crippen molar-refractivity contribution in [3.8, 4) is 0 Å². The van der Waals surface area contributed by atoms with Gasteiger partial charge in [-0.05, 0) is 92.7 Å². The van der Waals surface area contributed by atoms with Crippen molar-refractivity contribution in [2.24, 2.45) is 17.8 Å². The zero-order valence-electron chi connectivity index (χ0n) is 20.1. The molecule has 0 spiro atoms. The van der Waals surface area contributed by atoms with E-state index in [0.717, 1.165) is 37.5 Å². The Hall–Kier alpha value is -1.25. The van der Waals surface area contributed by atoms with Crippen LogP contribution in [0.1, 0.15) is 121 Å². The second kappa shape index (κ2) is 13.5. The molecule has 2 fully saturated rings. The van der Waals surface area contributed by atoms with Crippen LogP contribution in [0.5, 0.6) is 0 Å². The standard InChI is InChI=1S/C29H43F3/c1-2-3-4-5-6-7-8-9-22-10-12-23(13-11-22)14-15-24-16-18-25(19-17-24)26-20-27(30)29(32)28(31)21-26/h14-15,20-25H,2-13,16-19H2,1H3. The molecule has 0 radical (unpaired) electrons. The molecule has 0 saturated heterocycles. The van der Waals surface area contributed by atoms with Gasteiger partial charge in [-0.1, -0.05) is 70.4 Å². The minimum Gasteiger partial charge on any atom is -0.204 e. The number of rotatable bonds is 11.